The van der Waals surface area contributed by atoms with Crippen molar-refractivity contribution in [3.05, 3.63) is 53.9 Å². The maximum Gasteiger partial charge on any atom is 0.451 e. The number of thioether (sulfide) groups is 1. The molecule has 3 rings (SSSR count). The predicted octanol–water partition coefficient (Wildman–Crippen LogP) is 4.64. The van der Waals surface area contributed by atoms with E-state index in [1.807, 2.05) is 0 Å². The second-order valence-electron chi connectivity index (χ2n) is 5.65. The van der Waals surface area contributed by atoms with Crippen LogP contribution in [0.25, 0.3) is 10.9 Å². The number of Topliss-reactive ketones (excluding diaryl/α,β-unsaturated/α-hetero) is 1. The van der Waals surface area contributed by atoms with Gasteiger partial charge in [-0.15, -0.1) is 0 Å². The number of nitrogens with zero attached hydrogens (tertiary/aromatic N) is 2. The summed E-state index contributed by atoms with van der Waals surface area (Å²) >= 11 is 0.919. The van der Waals surface area contributed by atoms with E-state index in [0.29, 0.717) is 16.9 Å². The van der Waals surface area contributed by atoms with Gasteiger partial charge in [0.1, 0.15) is 16.5 Å². The molecule has 0 saturated carbocycles. The third-order valence-electron chi connectivity index (χ3n) is 3.87. The largest absolute Gasteiger partial charge is 0.497 e. The van der Waals surface area contributed by atoms with E-state index in [1.54, 1.807) is 30.3 Å². The second-order valence-corrected chi connectivity index (χ2v) is 6.61. The molecule has 0 aliphatic heterocycles. The Hall–Kier alpha value is -2.81. The molecule has 0 aliphatic rings. The van der Waals surface area contributed by atoms with E-state index in [4.69, 9.17) is 9.47 Å². The number of ketones is 1. The molecule has 0 bridgehead atoms. The van der Waals surface area contributed by atoms with Crippen LogP contribution < -0.4 is 9.47 Å². The molecule has 1 heterocycles. The van der Waals surface area contributed by atoms with Crippen molar-refractivity contribution in [3.8, 4) is 11.5 Å². The number of alkyl halides is 3. The third-order valence-corrected chi connectivity index (χ3v) is 4.86. The molecule has 0 unspecified atom stereocenters. The molecule has 0 fully saturated rings. The lowest BCUT2D eigenvalue weighted by atomic mass is 10.1. The number of carbonyl (C=O) groups excluding carboxylic acids is 1. The Balaban J connectivity index is 1.92. The number of fused-ring (bicyclic) bond motifs is 1. The van der Waals surface area contributed by atoms with Crippen molar-refractivity contribution in [1.29, 1.82) is 0 Å². The van der Waals surface area contributed by atoms with Crippen molar-refractivity contribution in [3.63, 3.8) is 0 Å². The van der Waals surface area contributed by atoms with Crippen LogP contribution in [0.15, 0.2) is 47.5 Å². The van der Waals surface area contributed by atoms with E-state index < -0.39 is 12.0 Å². The van der Waals surface area contributed by atoms with Crippen LogP contribution in [0, 0.1) is 0 Å². The maximum absolute atomic E-state index is 13.1. The lowest BCUT2D eigenvalue weighted by Gasteiger charge is -2.11. The molecule has 0 saturated heterocycles. The highest BCUT2D eigenvalue weighted by Gasteiger charge is 2.35. The molecule has 2 aromatic carbocycles. The van der Waals surface area contributed by atoms with Crippen molar-refractivity contribution in [2.24, 2.45) is 0 Å². The lowest BCUT2D eigenvalue weighted by Crippen LogP contribution is -2.12. The molecule has 28 heavy (non-hydrogen) atoms. The van der Waals surface area contributed by atoms with Crippen LogP contribution in [0.2, 0.25) is 0 Å². The van der Waals surface area contributed by atoms with Gasteiger partial charge in [0.05, 0.1) is 31.1 Å². The molecule has 0 spiro atoms. The molecule has 1 aromatic heterocycles. The van der Waals surface area contributed by atoms with Gasteiger partial charge in [-0.2, -0.15) is 13.2 Å². The summed E-state index contributed by atoms with van der Waals surface area (Å²) in [5.41, 5.74) is 0.447. The molecule has 0 N–H and O–H groups in total. The molecule has 0 amide bonds. The van der Waals surface area contributed by atoms with Crippen molar-refractivity contribution < 1.29 is 27.4 Å². The summed E-state index contributed by atoms with van der Waals surface area (Å²) in [6.07, 6.45) is -4.68. The molecular weight excluding hydrogens is 393 g/mol. The van der Waals surface area contributed by atoms with Gasteiger partial charge in [-0.25, -0.2) is 9.97 Å². The second kappa shape index (κ2) is 8.05. The Morgan fingerprint density at radius 3 is 2.50 bits per heavy atom. The lowest BCUT2D eigenvalue weighted by molar-refractivity contribution is -0.145. The molecule has 146 valence electrons. The normalized spacial score (nSPS) is 11.5. The number of benzene rings is 2. The van der Waals surface area contributed by atoms with Gasteiger partial charge in [0.2, 0.25) is 5.82 Å². The number of hydrogen-bond donors (Lipinski definition) is 0. The number of para-hydroxylation sites is 1. The molecular formula is C19H15F3N2O3S. The van der Waals surface area contributed by atoms with Crippen molar-refractivity contribution >= 4 is 28.4 Å². The predicted molar refractivity (Wildman–Crippen MR) is 99.1 cm³/mol. The van der Waals surface area contributed by atoms with Crippen molar-refractivity contribution in [2.75, 3.05) is 20.0 Å². The molecule has 5 nitrogen and oxygen atoms in total. The molecule has 0 aliphatic carbocycles. The van der Waals surface area contributed by atoms with Gasteiger partial charge in [0, 0.05) is 5.39 Å². The van der Waals surface area contributed by atoms with E-state index in [-0.39, 0.29) is 27.6 Å². The minimum Gasteiger partial charge on any atom is -0.497 e. The van der Waals surface area contributed by atoms with E-state index >= 15 is 0 Å². The molecule has 9 heteroatoms. The van der Waals surface area contributed by atoms with E-state index in [1.165, 1.54) is 26.4 Å². The zero-order valence-electron chi connectivity index (χ0n) is 14.9. The number of methoxy groups -OCH3 is 2. The van der Waals surface area contributed by atoms with E-state index in [2.05, 4.69) is 9.97 Å². The topological polar surface area (TPSA) is 61.3 Å². The minimum absolute atomic E-state index is 0.0909. The number of carbonyl (C=O) groups is 1. The fourth-order valence-corrected chi connectivity index (χ4v) is 3.43. The summed E-state index contributed by atoms with van der Waals surface area (Å²) < 4.78 is 49.6. The summed E-state index contributed by atoms with van der Waals surface area (Å²) in [5, 5.41) is 0.541. The number of ether oxygens (including phenoxy) is 2. The first-order chi connectivity index (χ1) is 13.3. The summed E-state index contributed by atoms with van der Waals surface area (Å²) in [6.45, 7) is 0. The quantitative estimate of drug-likeness (QED) is 0.336. The SMILES string of the molecule is COc1ccc(OC)c(C(=O)CSc2nc(C(F)(F)F)nc3ccccc23)c1. The fraction of sp³-hybridized carbons (Fsp3) is 0.211. The van der Waals surface area contributed by atoms with Crippen molar-refractivity contribution in [1.82, 2.24) is 9.97 Å². The van der Waals surface area contributed by atoms with Crippen LogP contribution >= 0.6 is 11.8 Å². The van der Waals surface area contributed by atoms with Gasteiger partial charge in [-0.05, 0) is 24.3 Å². The Labute approximate surface area is 162 Å². The van der Waals surface area contributed by atoms with Crippen LogP contribution in [0.1, 0.15) is 16.2 Å². The first kappa shape index (κ1) is 19.9. The van der Waals surface area contributed by atoms with E-state index in [0.717, 1.165) is 11.8 Å². The van der Waals surface area contributed by atoms with Crippen LogP contribution in [0.4, 0.5) is 13.2 Å². The zero-order chi connectivity index (χ0) is 20.3. The summed E-state index contributed by atoms with van der Waals surface area (Å²) in [6, 6.07) is 11.1. The van der Waals surface area contributed by atoms with Gasteiger partial charge in [-0.3, -0.25) is 4.79 Å². The zero-order valence-corrected chi connectivity index (χ0v) is 15.7. The molecule has 3 aromatic rings. The smallest absolute Gasteiger partial charge is 0.451 e. The Morgan fingerprint density at radius 1 is 1.07 bits per heavy atom. The highest BCUT2D eigenvalue weighted by Crippen LogP contribution is 2.33. The molecule has 0 radical (unpaired) electrons. The monoisotopic (exact) mass is 408 g/mol. The van der Waals surface area contributed by atoms with Crippen LogP contribution in [0.5, 0.6) is 11.5 Å². The van der Waals surface area contributed by atoms with Crippen molar-refractivity contribution in [2.45, 2.75) is 11.2 Å². The Morgan fingerprint density at radius 2 is 1.82 bits per heavy atom. The number of halogens is 3. The summed E-state index contributed by atoms with van der Waals surface area (Å²) in [7, 11) is 2.90. The van der Waals surface area contributed by atoms with Crippen LogP contribution in [-0.4, -0.2) is 35.7 Å². The fourth-order valence-electron chi connectivity index (χ4n) is 2.53. The average Bonchev–Trinajstić information content (AvgIpc) is 2.70. The van der Waals surface area contributed by atoms with Gasteiger partial charge >= 0.3 is 6.18 Å². The van der Waals surface area contributed by atoms with Gasteiger partial charge in [0.25, 0.3) is 0 Å². The summed E-state index contributed by atoms with van der Waals surface area (Å²) in [4.78, 5) is 19.9. The average molecular weight is 408 g/mol. The first-order valence-electron chi connectivity index (χ1n) is 8.05. The third kappa shape index (κ3) is 4.19. The van der Waals surface area contributed by atoms with E-state index in [9.17, 15) is 18.0 Å². The van der Waals surface area contributed by atoms with Crippen LogP contribution in [0.3, 0.4) is 0 Å². The maximum atomic E-state index is 13.1. The molecule has 0 atom stereocenters. The Kier molecular flexibility index (Phi) is 5.73. The van der Waals surface area contributed by atoms with Gasteiger partial charge in [-0.1, -0.05) is 30.0 Å². The minimum atomic E-state index is -4.68. The number of rotatable bonds is 6. The number of aromatic nitrogens is 2. The van der Waals surface area contributed by atoms with Gasteiger partial charge in [0.15, 0.2) is 5.78 Å². The summed E-state index contributed by atoms with van der Waals surface area (Å²) in [5.74, 6) is -0.852. The van der Waals surface area contributed by atoms with Gasteiger partial charge < -0.3 is 9.47 Å². The van der Waals surface area contributed by atoms with Crippen LogP contribution in [-0.2, 0) is 6.18 Å². The standard InChI is InChI=1S/C19H15F3N2O3S/c1-26-11-7-8-16(27-2)13(9-11)15(25)10-28-17-12-5-3-4-6-14(12)23-18(24-17)19(20,21)22/h3-9H,10H2,1-2H3. The highest BCUT2D eigenvalue weighted by atomic mass is 32.2. The Bertz CT molecular complexity index is 1020. The first-order valence-corrected chi connectivity index (χ1v) is 9.04. The highest BCUT2D eigenvalue weighted by molar-refractivity contribution is 8.00. The number of hydrogen-bond acceptors (Lipinski definition) is 6.